The van der Waals surface area contributed by atoms with Crippen LogP contribution in [0, 0.1) is 5.92 Å². The zero-order chi connectivity index (χ0) is 10.1. The number of rotatable bonds is 3. The largest absolute Gasteiger partial charge is 0.388 e. The van der Waals surface area contributed by atoms with Crippen molar-refractivity contribution < 1.29 is 9.90 Å². The first-order valence-electron chi connectivity index (χ1n) is 4.46. The second-order valence-corrected chi connectivity index (χ2v) is 4.20. The minimum Gasteiger partial charge on any atom is -0.388 e. The fraction of sp³-hybridized carbons (Fsp3) is 0.700. The van der Waals surface area contributed by atoms with Gasteiger partial charge in [-0.1, -0.05) is 5.57 Å². The molecule has 0 aliphatic heterocycles. The Morgan fingerprint density at radius 2 is 2.38 bits per heavy atom. The van der Waals surface area contributed by atoms with E-state index in [0.29, 0.717) is 0 Å². The number of hydrogen-bond acceptors (Lipinski definition) is 2. The molecule has 0 heterocycles. The Kier molecular flexibility index (Phi) is 3.14. The second-order valence-electron chi connectivity index (χ2n) is 3.94. The molecule has 1 unspecified atom stereocenters. The van der Waals surface area contributed by atoms with Crippen LogP contribution in [0.1, 0.15) is 26.7 Å². The van der Waals surface area contributed by atoms with Gasteiger partial charge in [0.15, 0.2) is 0 Å². The predicted octanol–water partition coefficient (Wildman–Crippen LogP) is 1.90. The van der Waals surface area contributed by atoms with Crippen LogP contribution in [0.5, 0.6) is 0 Å². The van der Waals surface area contributed by atoms with Gasteiger partial charge in [-0.25, -0.2) is 0 Å². The lowest BCUT2D eigenvalue weighted by Gasteiger charge is -2.28. The molecule has 0 fully saturated rings. The molecule has 0 amide bonds. The topological polar surface area (TPSA) is 37.3 Å². The van der Waals surface area contributed by atoms with E-state index >= 15 is 0 Å². The highest BCUT2D eigenvalue weighted by Crippen LogP contribution is 2.38. The molecule has 74 valence electrons. The van der Waals surface area contributed by atoms with E-state index < -0.39 is 5.60 Å². The van der Waals surface area contributed by atoms with Crippen molar-refractivity contribution >= 4 is 17.9 Å². The van der Waals surface area contributed by atoms with Crippen LogP contribution in [-0.4, -0.2) is 22.9 Å². The SMILES string of the molecule is CC1=C(C=O)[C@H](C(C)(O)CCl)CC1. The van der Waals surface area contributed by atoms with Crippen LogP contribution in [0.3, 0.4) is 0 Å². The van der Waals surface area contributed by atoms with Crippen molar-refractivity contribution in [3.05, 3.63) is 11.1 Å². The molecule has 3 heteroatoms. The molecule has 0 aromatic carbocycles. The van der Waals surface area contributed by atoms with Crippen molar-refractivity contribution in [2.24, 2.45) is 5.92 Å². The summed E-state index contributed by atoms with van der Waals surface area (Å²) in [6.07, 6.45) is 2.58. The van der Waals surface area contributed by atoms with Gasteiger partial charge in [-0.05, 0) is 32.3 Å². The fourth-order valence-electron chi connectivity index (χ4n) is 1.88. The van der Waals surface area contributed by atoms with Crippen molar-refractivity contribution in [1.29, 1.82) is 0 Å². The van der Waals surface area contributed by atoms with Crippen LogP contribution in [-0.2, 0) is 4.79 Å². The van der Waals surface area contributed by atoms with Crippen molar-refractivity contribution in [2.45, 2.75) is 32.3 Å². The molecule has 13 heavy (non-hydrogen) atoms. The van der Waals surface area contributed by atoms with Gasteiger partial charge >= 0.3 is 0 Å². The summed E-state index contributed by atoms with van der Waals surface area (Å²) >= 11 is 5.65. The van der Waals surface area contributed by atoms with Crippen molar-refractivity contribution in [2.75, 3.05) is 5.88 Å². The molecule has 0 radical (unpaired) electrons. The van der Waals surface area contributed by atoms with Gasteiger partial charge in [0.1, 0.15) is 6.29 Å². The molecule has 0 spiro atoms. The average Bonchev–Trinajstić information content (AvgIpc) is 2.47. The Balaban J connectivity index is 2.90. The van der Waals surface area contributed by atoms with E-state index in [1.165, 1.54) is 0 Å². The lowest BCUT2D eigenvalue weighted by Crippen LogP contribution is -2.36. The van der Waals surface area contributed by atoms with Gasteiger partial charge in [0.05, 0.1) is 11.5 Å². The third-order valence-electron chi connectivity index (χ3n) is 2.82. The van der Waals surface area contributed by atoms with E-state index in [9.17, 15) is 9.90 Å². The highest BCUT2D eigenvalue weighted by Gasteiger charge is 2.37. The number of halogens is 1. The molecule has 1 aliphatic carbocycles. The number of hydrogen-bond donors (Lipinski definition) is 1. The maximum absolute atomic E-state index is 10.8. The Hall–Kier alpha value is -0.340. The smallest absolute Gasteiger partial charge is 0.146 e. The normalized spacial score (nSPS) is 27.5. The minimum absolute atomic E-state index is 0.0810. The van der Waals surface area contributed by atoms with Crippen molar-refractivity contribution in [1.82, 2.24) is 0 Å². The Bertz CT molecular complexity index is 243. The minimum atomic E-state index is -0.949. The molecule has 0 bridgehead atoms. The van der Waals surface area contributed by atoms with E-state index in [4.69, 9.17) is 11.6 Å². The number of aldehydes is 1. The summed E-state index contributed by atoms with van der Waals surface area (Å²) in [5.74, 6) is 0.0879. The number of carbonyl (C=O) groups is 1. The molecule has 1 rings (SSSR count). The highest BCUT2D eigenvalue weighted by atomic mass is 35.5. The molecule has 0 saturated heterocycles. The first-order valence-corrected chi connectivity index (χ1v) is 4.99. The monoisotopic (exact) mass is 202 g/mol. The van der Waals surface area contributed by atoms with Crippen molar-refractivity contribution in [3.8, 4) is 0 Å². The van der Waals surface area contributed by atoms with Crippen molar-refractivity contribution in [3.63, 3.8) is 0 Å². The van der Waals surface area contributed by atoms with Gasteiger partial charge in [0, 0.05) is 5.92 Å². The van der Waals surface area contributed by atoms with Gasteiger partial charge in [-0.3, -0.25) is 4.79 Å². The lowest BCUT2D eigenvalue weighted by molar-refractivity contribution is -0.106. The zero-order valence-corrected chi connectivity index (χ0v) is 8.77. The summed E-state index contributed by atoms with van der Waals surface area (Å²) in [6.45, 7) is 3.63. The standard InChI is InChI=1S/C10H15ClO2/c1-7-3-4-9(8(7)5-12)10(2,13)6-11/h5,9,13H,3-4,6H2,1-2H3/t9-,10?/m1/s1. The molecular formula is C10H15ClO2. The third kappa shape index (κ3) is 1.94. The predicted molar refractivity (Wildman–Crippen MR) is 52.8 cm³/mol. The quantitative estimate of drug-likeness (QED) is 0.561. The molecule has 1 aliphatic rings. The Morgan fingerprint density at radius 3 is 2.85 bits per heavy atom. The van der Waals surface area contributed by atoms with E-state index in [1.54, 1.807) is 6.92 Å². The molecule has 0 aromatic rings. The van der Waals surface area contributed by atoms with E-state index in [2.05, 4.69) is 0 Å². The summed E-state index contributed by atoms with van der Waals surface area (Å²) < 4.78 is 0. The van der Waals surface area contributed by atoms with Gasteiger partial charge in [-0.15, -0.1) is 11.6 Å². The Labute approximate surface area is 83.6 Å². The van der Waals surface area contributed by atoms with Crippen LogP contribution in [0.4, 0.5) is 0 Å². The number of alkyl halides is 1. The lowest BCUT2D eigenvalue weighted by atomic mass is 9.85. The first kappa shape index (κ1) is 10.7. The molecule has 0 saturated carbocycles. The summed E-state index contributed by atoms with van der Waals surface area (Å²) in [5.41, 5.74) is 0.881. The highest BCUT2D eigenvalue weighted by molar-refractivity contribution is 6.18. The molecule has 2 nitrogen and oxygen atoms in total. The van der Waals surface area contributed by atoms with E-state index in [0.717, 1.165) is 30.3 Å². The zero-order valence-electron chi connectivity index (χ0n) is 8.01. The van der Waals surface area contributed by atoms with Crippen LogP contribution in [0.15, 0.2) is 11.1 Å². The van der Waals surface area contributed by atoms with E-state index in [1.807, 2.05) is 6.92 Å². The third-order valence-corrected chi connectivity index (χ3v) is 3.37. The van der Waals surface area contributed by atoms with Gasteiger partial charge in [0.2, 0.25) is 0 Å². The van der Waals surface area contributed by atoms with Crippen LogP contribution in [0.25, 0.3) is 0 Å². The summed E-state index contributed by atoms with van der Waals surface area (Å²) in [7, 11) is 0. The summed E-state index contributed by atoms with van der Waals surface area (Å²) in [4.78, 5) is 10.8. The molecular weight excluding hydrogens is 188 g/mol. The van der Waals surface area contributed by atoms with E-state index in [-0.39, 0.29) is 11.8 Å². The number of allylic oxidation sites excluding steroid dienone is 1. The van der Waals surface area contributed by atoms with Crippen LogP contribution in [0.2, 0.25) is 0 Å². The van der Waals surface area contributed by atoms with Gasteiger partial charge in [0.25, 0.3) is 0 Å². The van der Waals surface area contributed by atoms with Crippen LogP contribution < -0.4 is 0 Å². The maximum Gasteiger partial charge on any atom is 0.146 e. The second kappa shape index (κ2) is 3.81. The van der Waals surface area contributed by atoms with Gasteiger partial charge < -0.3 is 5.11 Å². The summed E-state index contributed by atoms with van der Waals surface area (Å²) in [5, 5.41) is 9.92. The Morgan fingerprint density at radius 1 is 1.77 bits per heavy atom. The fourth-order valence-corrected chi connectivity index (χ4v) is 2.07. The molecule has 1 N–H and O–H groups in total. The summed E-state index contributed by atoms with van der Waals surface area (Å²) in [6, 6.07) is 0. The molecule has 2 atom stereocenters. The maximum atomic E-state index is 10.8. The average molecular weight is 203 g/mol. The number of aliphatic hydroxyl groups is 1. The van der Waals surface area contributed by atoms with Crippen LogP contribution >= 0.6 is 11.6 Å². The number of carbonyl (C=O) groups excluding carboxylic acids is 1. The first-order chi connectivity index (χ1) is 6.03. The van der Waals surface area contributed by atoms with Gasteiger partial charge in [-0.2, -0.15) is 0 Å². The molecule has 0 aromatic heterocycles.